The Bertz CT molecular complexity index is 1540. The molecular formula is C33H41FN4O5S. The van der Waals surface area contributed by atoms with Gasteiger partial charge in [-0.15, -0.1) is 0 Å². The molecule has 0 N–H and O–H groups in total. The predicted octanol–water partition coefficient (Wildman–Crippen LogP) is 4.86. The highest BCUT2D eigenvalue weighted by Gasteiger charge is 2.52. The minimum atomic E-state index is -3.61. The van der Waals surface area contributed by atoms with E-state index in [1.165, 1.54) is 10.4 Å². The van der Waals surface area contributed by atoms with Crippen molar-refractivity contribution in [3.63, 3.8) is 0 Å². The first kappa shape index (κ1) is 32.1. The molecule has 0 unspecified atom stereocenters. The number of ether oxygens (including phenoxy) is 1. The van der Waals surface area contributed by atoms with Crippen LogP contribution in [0.4, 0.5) is 9.18 Å². The zero-order valence-corrected chi connectivity index (χ0v) is 26.6. The van der Waals surface area contributed by atoms with E-state index >= 15 is 4.39 Å². The molecule has 2 heterocycles. The third-order valence-corrected chi connectivity index (χ3v) is 10.9. The van der Waals surface area contributed by atoms with Gasteiger partial charge in [-0.1, -0.05) is 24.3 Å². The minimum absolute atomic E-state index is 0.0321. The molecule has 2 aliphatic heterocycles. The smallest absolute Gasteiger partial charge is 0.411 e. The third-order valence-electron chi connectivity index (χ3n) is 8.96. The number of ketones is 1. The van der Waals surface area contributed by atoms with Gasteiger partial charge in [-0.25, -0.2) is 17.6 Å². The Kier molecular flexibility index (Phi) is 9.17. The van der Waals surface area contributed by atoms with Gasteiger partial charge in [0.1, 0.15) is 11.4 Å². The Labute approximate surface area is 259 Å². The zero-order valence-electron chi connectivity index (χ0n) is 25.8. The van der Waals surface area contributed by atoms with E-state index < -0.39 is 39.5 Å². The molecule has 1 saturated carbocycles. The van der Waals surface area contributed by atoms with Gasteiger partial charge in [0.2, 0.25) is 10.0 Å². The van der Waals surface area contributed by atoms with Crippen molar-refractivity contribution in [2.45, 2.75) is 75.5 Å². The highest BCUT2D eigenvalue weighted by Crippen LogP contribution is 2.44. The second kappa shape index (κ2) is 12.6. The maximum atomic E-state index is 15.3. The van der Waals surface area contributed by atoms with Gasteiger partial charge >= 0.3 is 6.09 Å². The van der Waals surface area contributed by atoms with E-state index in [9.17, 15) is 23.3 Å². The van der Waals surface area contributed by atoms with E-state index in [4.69, 9.17) is 4.74 Å². The molecule has 3 fully saturated rings. The fourth-order valence-corrected chi connectivity index (χ4v) is 8.08. The van der Waals surface area contributed by atoms with Crippen LogP contribution in [0.25, 0.3) is 11.1 Å². The van der Waals surface area contributed by atoms with Crippen LogP contribution in [0.3, 0.4) is 0 Å². The van der Waals surface area contributed by atoms with Crippen LogP contribution in [0.2, 0.25) is 0 Å². The fourth-order valence-electron chi connectivity index (χ4n) is 6.66. The van der Waals surface area contributed by atoms with Gasteiger partial charge in [-0.2, -0.15) is 9.57 Å². The Morgan fingerprint density at radius 3 is 2.32 bits per heavy atom. The van der Waals surface area contributed by atoms with E-state index in [2.05, 4.69) is 11.0 Å². The fraction of sp³-hybridized carbons (Fsp3) is 0.545. The molecule has 236 valence electrons. The molecule has 4 atom stereocenters. The average Bonchev–Trinajstić information content (AvgIpc) is 3.59. The van der Waals surface area contributed by atoms with Crippen LogP contribution in [0.5, 0.6) is 0 Å². The van der Waals surface area contributed by atoms with Crippen LogP contribution in [-0.2, 0) is 26.0 Å². The van der Waals surface area contributed by atoms with Crippen LogP contribution in [0, 0.1) is 29.0 Å². The van der Waals surface area contributed by atoms with Gasteiger partial charge in [0.05, 0.1) is 22.9 Å². The summed E-state index contributed by atoms with van der Waals surface area (Å²) in [4.78, 5) is 30.3. The zero-order chi connectivity index (χ0) is 31.8. The van der Waals surface area contributed by atoms with E-state index in [0.717, 1.165) is 19.3 Å². The lowest BCUT2D eigenvalue weighted by molar-refractivity contribution is -0.126. The van der Waals surface area contributed by atoms with Crippen molar-refractivity contribution in [3.05, 3.63) is 53.8 Å². The first-order valence-electron chi connectivity index (χ1n) is 15.3. The number of amides is 1. The van der Waals surface area contributed by atoms with Gasteiger partial charge in [0.15, 0.2) is 5.78 Å². The summed E-state index contributed by atoms with van der Waals surface area (Å²) < 4.78 is 48.5. The number of piperidine rings is 1. The molecule has 0 radical (unpaired) electrons. The lowest BCUT2D eigenvalue weighted by Crippen LogP contribution is -2.51. The largest absolute Gasteiger partial charge is 0.444 e. The molecule has 2 saturated heterocycles. The number of hydrogen-bond acceptors (Lipinski definition) is 7. The monoisotopic (exact) mass is 624 g/mol. The SMILES string of the molecule is CN1CCN(S(=O)(=O)c2ccc(-c3ccc(C[C@@H](C#N)CC(=O)[C@@H]4[C@H]5CC[C@H](C5)N4C(=O)OC(C)(C)C)c(F)c3)cc2)CC1. The van der Waals surface area contributed by atoms with Crippen molar-refractivity contribution in [3.8, 4) is 17.2 Å². The second-order valence-corrected chi connectivity index (χ2v) is 15.2. The standard InChI is InChI=1S/C33H41FN4O5S/c1-33(2,3)43-32(40)38-27-10-7-26(19-27)31(38)30(39)18-22(21-35)17-25-6-5-24(20-29(25)34)23-8-11-28(12-9-23)44(41,42)37-15-13-36(4)14-16-37/h5-6,8-9,11-12,20,22,26-27,31H,7,10,13-19H2,1-4H3/t22-,26+,27-,31+/m1/s1. The van der Waals surface area contributed by atoms with Gasteiger partial charge in [0, 0.05) is 38.6 Å². The molecule has 9 nitrogen and oxygen atoms in total. The number of carbonyl (C=O) groups excluding carboxylic acids is 2. The second-order valence-electron chi connectivity index (χ2n) is 13.3. The molecule has 2 bridgehead atoms. The molecule has 0 spiro atoms. The number of nitriles is 1. The molecule has 2 aromatic rings. The number of likely N-dealkylation sites (N-methyl/N-ethyl adjacent to an activating group) is 1. The van der Waals surface area contributed by atoms with Crippen LogP contribution in [-0.4, -0.2) is 85.3 Å². The number of carbonyl (C=O) groups is 2. The van der Waals surface area contributed by atoms with E-state index in [1.54, 1.807) is 62.1 Å². The molecule has 3 aliphatic rings. The number of hydrogen-bond donors (Lipinski definition) is 0. The third kappa shape index (κ3) is 6.82. The maximum absolute atomic E-state index is 15.3. The highest BCUT2D eigenvalue weighted by atomic mass is 32.2. The number of fused-ring (bicyclic) bond motifs is 2. The Morgan fingerprint density at radius 1 is 1.05 bits per heavy atom. The first-order valence-corrected chi connectivity index (χ1v) is 16.7. The van der Waals surface area contributed by atoms with Gasteiger partial charge in [-0.05, 0) is 94.3 Å². The predicted molar refractivity (Wildman–Crippen MR) is 164 cm³/mol. The topological polar surface area (TPSA) is 111 Å². The summed E-state index contributed by atoms with van der Waals surface area (Å²) in [5.41, 5.74) is 0.877. The van der Waals surface area contributed by atoms with E-state index in [1.807, 2.05) is 7.05 Å². The summed E-state index contributed by atoms with van der Waals surface area (Å²) in [7, 11) is -1.64. The van der Waals surface area contributed by atoms with Crippen LogP contribution in [0.15, 0.2) is 47.4 Å². The number of likely N-dealkylation sites (tertiary alicyclic amines) is 1. The van der Waals surface area contributed by atoms with Crippen LogP contribution in [0.1, 0.15) is 52.0 Å². The maximum Gasteiger partial charge on any atom is 0.411 e. The summed E-state index contributed by atoms with van der Waals surface area (Å²) in [6, 6.07) is 12.7. The Balaban J connectivity index is 1.24. The summed E-state index contributed by atoms with van der Waals surface area (Å²) in [6.07, 6.45) is 1.94. The van der Waals surface area contributed by atoms with Crippen LogP contribution < -0.4 is 0 Å². The molecule has 2 aromatic carbocycles. The van der Waals surface area contributed by atoms with Crippen molar-refractivity contribution in [2.75, 3.05) is 33.2 Å². The van der Waals surface area contributed by atoms with Crippen molar-refractivity contribution in [2.24, 2.45) is 11.8 Å². The van der Waals surface area contributed by atoms with Gasteiger partial charge in [0.25, 0.3) is 0 Å². The molecule has 1 aliphatic carbocycles. The molecule has 44 heavy (non-hydrogen) atoms. The summed E-state index contributed by atoms with van der Waals surface area (Å²) in [6.45, 7) is 7.59. The number of piperazine rings is 1. The van der Waals surface area contributed by atoms with Crippen molar-refractivity contribution >= 4 is 21.9 Å². The van der Waals surface area contributed by atoms with Crippen molar-refractivity contribution < 1.29 is 27.1 Å². The number of sulfonamides is 1. The number of rotatable bonds is 8. The lowest BCUT2D eigenvalue weighted by Gasteiger charge is -2.35. The first-order chi connectivity index (χ1) is 20.8. The Hall–Kier alpha value is -3.33. The molecule has 5 rings (SSSR count). The molecule has 0 aromatic heterocycles. The number of nitrogens with zero attached hydrogens (tertiary/aromatic N) is 4. The van der Waals surface area contributed by atoms with E-state index in [-0.39, 0.29) is 35.5 Å². The summed E-state index contributed by atoms with van der Waals surface area (Å²) in [5, 5.41) is 9.88. The average molecular weight is 625 g/mol. The molecule has 11 heteroatoms. The minimum Gasteiger partial charge on any atom is -0.444 e. The highest BCUT2D eigenvalue weighted by molar-refractivity contribution is 7.89. The number of Topliss-reactive ketones (excluding diaryl/α,β-unsaturated/α-hetero) is 1. The summed E-state index contributed by atoms with van der Waals surface area (Å²) in [5.74, 6) is -1.38. The molecule has 1 amide bonds. The Morgan fingerprint density at radius 2 is 1.70 bits per heavy atom. The lowest BCUT2D eigenvalue weighted by atomic mass is 9.87. The van der Waals surface area contributed by atoms with E-state index in [0.29, 0.717) is 42.9 Å². The van der Waals surface area contributed by atoms with Crippen molar-refractivity contribution in [1.82, 2.24) is 14.1 Å². The number of benzene rings is 2. The van der Waals surface area contributed by atoms with Gasteiger partial charge < -0.3 is 9.64 Å². The van der Waals surface area contributed by atoms with Crippen molar-refractivity contribution in [1.29, 1.82) is 5.26 Å². The van der Waals surface area contributed by atoms with Gasteiger partial charge in [-0.3, -0.25) is 9.69 Å². The van der Waals surface area contributed by atoms with Crippen LogP contribution >= 0.6 is 0 Å². The number of halogens is 1. The summed E-state index contributed by atoms with van der Waals surface area (Å²) >= 11 is 0. The normalized spacial score (nSPS) is 23.4. The quantitative estimate of drug-likeness (QED) is 0.413. The molecular weight excluding hydrogens is 583 g/mol.